The van der Waals surface area contributed by atoms with Gasteiger partial charge >= 0.3 is 6.18 Å². The highest BCUT2D eigenvalue weighted by molar-refractivity contribution is 7.98. The van der Waals surface area contributed by atoms with E-state index in [9.17, 15) is 32.3 Å². The van der Waals surface area contributed by atoms with Crippen LogP contribution in [-0.4, -0.2) is 65.6 Å². The molecule has 0 unspecified atom stereocenters. The molecule has 1 aliphatic rings. The second-order valence-corrected chi connectivity index (χ2v) is 14.6. The van der Waals surface area contributed by atoms with E-state index < -0.39 is 35.6 Å². The summed E-state index contributed by atoms with van der Waals surface area (Å²) in [6.07, 6.45) is -5.11. The maximum Gasteiger partial charge on any atom is 0.416 e. The van der Waals surface area contributed by atoms with Crippen LogP contribution in [0.5, 0.6) is 5.75 Å². The summed E-state index contributed by atoms with van der Waals surface area (Å²) in [6.45, 7) is 4.89. The van der Waals surface area contributed by atoms with Crippen LogP contribution in [0.4, 0.5) is 23.2 Å². The topological polar surface area (TPSA) is 82.1 Å². The van der Waals surface area contributed by atoms with Crippen LogP contribution in [0.3, 0.4) is 0 Å². The Hall–Kier alpha value is -4.10. The molecular formula is C39H40ClF4N3O4S. The summed E-state index contributed by atoms with van der Waals surface area (Å²) in [7, 11) is 1.97. The van der Waals surface area contributed by atoms with Crippen LogP contribution in [0, 0.1) is 11.7 Å². The van der Waals surface area contributed by atoms with Gasteiger partial charge in [-0.15, -0.1) is 11.8 Å². The summed E-state index contributed by atoms with van der Waals surface area (Å²) in [6, 6.07) is 21.6. The number of carbonyl (C=O) groups is 2. The first-order chi connectivity index (χ1) is 24.7. The Labute approximate surface area is 309 Å². The third-order valence-electron chi connectivity index (χ3n) is 8.87. The number of para-hydroxylation sites is 1. The van der Waals surface area contributed by atoms with Crippen molar-refractivity contribution < 1.29 is 37.0 Å². The number of carbonyl (C=O) groups excluding carboxylic acids is 2. The minimum Gasteiger partial charge on any atom is -0.486 e. The number of aliphatic hydroxyl groups excluding tert-OH is 1. The number of thioether (sulfide) groups is 1. The van der Waals surface area contributed by atoms with Gasteiger partial charge in [0.05, 0.1) is 40.9 Å². The Balaban J connectivity index is 1.30. The number of nitrogens with zero attached hydrogens (tertiary/aromatic N) is 2. The molecule has 4 aromatic carbocycles. The van der Waals surface area contributed by atoms with Crippen LogP contribution in [0.1, 0.15) is 46.5 Å². The normalized spacial score (nSPS) is 16.9. The van der Waals surface area contributed by atoms with Gasteiger partial charge in [-0.3, -0.25) is 14.5 Å². The number of nitrogens with one attached hydrogen (secondary N) is 1. The number of aliphatic hydroxyl groups is 1. The van der Waals surface area contributed by atoms with E-state index in [0.29, 0.717) is 31.0 Å². The number of rotatable bonds is 12. The summed E-state index contributed by atoms with van der Waals surface area (Å²) in [5.41, 5.74) is 2.24. The molecule has 2 N–H and O–H groups in total. The molecule has 0 aromatic heterocycles. The maximum atomic E-state index is 13.8. The van der Waals surface area contributed by atoms with Crippen molar-refractivity contribution in [3.05, 3.63) is 124 Å². The van der Waals surface area contributed by atoms with E-state index in [2.05, 4.69) is 22.3 Å². The molecule has 13 heteroatoms. The molecule has 2 amide bonds. The number of alkyl halides is 3. The third-order valence-corrected chi connectivity index (χ3v) is 10.2. The smallest absolute Gasteiger partial charge is 0.416 e. The minimum absolute atomic E-state index is 0.0920. The largest absolute Gasteiger partial charge is 0.486 e. The quantitative estimate of drug-likeness (QED) is 0.112. The molecule has 4 aromatic rings. The number of hydrogen-bond donors (Lipinski definition) is 2. The molecule has 52 heavy (non-hydrogen) atoms. The van der Waals surface area contributed by atoms with Gasteiger partial charge in [0.1, 0.15) is 11.9 Å². The average molecular weight is 758 g/mol. The van der Waals surface area contributed by atoms with Crippen molar-refractivity contribution in [3.63, 3.8) is 0 Å². The van der Waals surface area contributed by atoms with Gasteiger partial charge in [-0.05, 0) is 73.1 Å². The lowest BCUT2D eigenvalue weighted by Gasteiger charge is -2.38. The lowest BCUT2D eigenvalue weighted by Crippen LogP contribution is -2.49. The van der Waals surface area contributed by atoms with Gasteiger partial charge in [-0.1, -0.05) is 61.0 Å². The Bertz CT molecular complexity index is 1860. The van der Waals surface area contributed by atoms with Gasteiger partial charge in [-0.25, -0.2) is 4.39 Å². The fourth-order valence-corrected chi connectivity index (χ4v) is 7.05. The predicted octanol–water partition coefficient (Wildman–Crippen LogP) is 8.32. The average Bonchev–Trinajstić information content (AvgIpc) is 3.10. The third kappa shape index (κ3) is 10.1. The van der Waals surface area contributed by atoms with Crippen molar-refractivity contribution in [2.45, 2.75) is 55.8 Å². The highest BCUT2D eigenvalue weighted by atomic mass is 35.5. The Morgan fingerprint density at radius 1 is 1.06 bits per heavy atom. The summed E-state index contributed by atoms with van der Waals surface area (Å²) in [4.78, 5) is 31.6. The lowest BCUT2D eigenvalue weighted by atomic mass is 9.98. The SMILES string of the molecule is C[C@@H]1CN([C@@H](C)CO)C(=O)c2cccc(NC(=O)Cc3ccc(C(F)(F)F)cc3)c2O[C@@H]1CN(C)Cc1ccc(CSc2ccc(F)c(Cl)c2)cc1. The molecule has 5 rings (SSSR count). The van der Waals surface area contributed by atoms with E-state index in [-0.39, 0.29) is 46.9 Å². The van der Waals surface area contributed by atoms with E-state index in [1.165, 1.54) is 18.2 Å². The number of ether oxygens (including phenoxy) is 1. The molecule has 0 aliphatic carbocycles. The summed E-state index contributed by atoms with van der Waals surface area (Å²) in [5.74, 6) is -0.584. The van der Waals surface area contributed by atoms with Gasteiger partial charge in [0.15, 0.2) is 5.75 Å². The monoisotopic (exact) mass is 757 g/mol. The highest BCUT2D eigenvalue weighted by Gasteiger charge is 2.35. The van der Waals surface area contributed by atoms with E-state index in [4.69, 9.17) is 16.3 Å². The van der Waals surface area contributed by atoms with Crippen molar-refractivity contribution in [3.8, 4) is 5.75 Å². The van der Waals surface area contributed by atoms with Crippen LogP contribution in [0.2, 0.25) is 5.02 Å². The number of anilines is 1. The molecule has 0 bridgehead atoms. The fourth-order valence-electron chi connectivity index (χ4n) is 5.91. The predicted molar refractivity (Wildman–Crippen MR) is 195 cm³/mol. The second-order valence-electron chi connectivity index (χ2n) is 13.1. The van der Waals surface area contributed by atoms with Crippen LogP contribution in [0.25, 0.3) is 0 Å². The van der Waals surface area contributed by atoms with Crippen LogP contribution in [0.15, 0.2) is 89.8 Å². The van der Waals surface area contributed by atoms with Crippen molar-refractivity contribution in [2.75, 3.05) is 32.1 Å². The number of hydrogen-bond acceptors (Lipinski definition) is 6. The van der Waals surface area contributed by atoms with Crippen LogP contribution >= 0.6 is 23.4 Å². The van der Waals surface area contributed by atoms with E-state index >= 15 is 0 Å². The van der Waals surface area contributed by atoms with Gasteiger partial charge < -0.3 is 20.1 Å². The van der Waals surface area contributed by atoms with E-state index in [1.54, 1.807) is 53.9 Å². The number of fused-ring (bicyclic) bond motifs is 1. The molecular weight excluding hydrogens is 718 g/mol. The summed E-state index contributed by atoms with van der Waals surface area (Å²) >= 11 is 7.48. The van der Waals surface area contributed by atoms with Crippen molar-refractivity contribution in [1.82, 2.24) is 9.80 Å². The molecule has 0 radical (unpaired) electrons. The van der Waals surface area contributed by atoms with Gasteiger partial charge in [0, 0.05) is 36.2 Å². The summed E-state index contributed by atoms with van der Waals surface area (Å²) < 4.78 is 59.2. The highest BCUT2D eigenvalue weighted by Crippen LogP contribution is 2.36. The van der Waals surface area contributed by atoms with Crippen LogP contribution in [-0.2, 0) is 29.7 Å². The second kappa shape index (κ2) is 17.2. The first-order valence-corrected chi connectivity index (χ1v) is 18.1. The first kappa shape index (κ1) is 39.1. The van der Waals surface area contributed by atoms with Gasteiger partial charge in [0.25, 0.3) is 5.91 Å². The Morgan fingerprint density at radius 3 is 2.38 bits per heavy atom. The molecule has 7 nitrogen and oxygen atoms in total. The lowest BCUT2D eigenvalue weighted by molar-refractivity contribution is -0.137. The number of likely N-dealkylation sites (N-methyl/N-ethyl adjacent to an activating group) is 1. The molecule has 0 spiro atoms. The van der Waals surface area contributed by atoms with Crippen molar-refractivity contribution in [1.29, 1.82) is 0 Å². The first-order valence-electron chi connectivity index (χ1n) is 16.7. The number of halogens is 5. The fraction of sp³-hybridized carbons (Fsp3) is 0.333. The van der Waals surface area contributed by atoms with Crippen LogP contribution < -0.4 is 10.1 Å². The standard InChI is InChI=1S/C39H40ClF4N3O4S/c1-24-19-47(25(2)22-48)38(50)31-5-4-6-34(45-36(49)17-26-11-13-29(14-12-26)39(42,43)44)37(31)51-35(24)21-46(3)20-27-7-9-28(10-8-27)23-52-30-15-16-33(41)32(40)18-30/h4-16,18,24-25,35,48H,17,19-23H2,1-3H3,(H,45,49)/t24-,25+,35-/m1/s1. The minimum atomic E-state index is -4.49. The molecule has 0 saturated carbocycles. The molecule has 1 aliphatic heterocycles. The molecule has 276 valence electrons. The number of benzene rings is 4. The van der Waals surface area contributed by atoms with E-state index in [0.717, 1.165) is 28.2 Å². The molecule has 1 heterocycles. The zero-order valence-corrected chi connectivity index (χ0v) is 30.5. The Kier molecular flexibility index (Phi) is 12.9. The molecule has 3 atom stereocenters. The zero-order chi connectivity index (χ0) is 37.6. The van der Waals surface area contributed by atoms with E-state index in [1.807, 2.05) is 26.1 Å². The van der Waals surface area contributed by atoms with Gasteiger partial charge in [-0.2, -0.15) is 13.2 Å². The number of amides is 2. The zero-order valence-electron chi connectivity index (χ0n) is 28.9. The van der Waals surface area contributed by atoms with Gasteiger partial charge in [0.2, 0.25) is 5.91 Å². The molecule has 0 fully saturated rings. The van der Waals surface area contributed by atoms with Crippen molar-refractivity contribution >= 4 is 40.9 Å². The maximum absolute atomic E-state index is 13.8. The molecule has 0 saturated heterocycles. The van der Waals surface area contributed by atoms with Crippen molar-refractivity contribution in [2.24, 2.45) is 5.92 Å². The Morgan fingerprint density at radius 2 is 1.73 bits per heavy atom. The summed E-state index contributed by atoms with van der Waals surface area (Å²) in [5, 5.41) is 12.9.